The van der Waals surface area contributed by atoms with E-state index in [9.17, 15) is 14.9 Å². The molecular formula is C10H7NO4. The molecule has 0 bridgehead atoms. The predicted octanol–water partition coefficient (Wildman–Crippen LogP) is 2.08. The summed E-state index contributed by atoms with van der Waals surface area (Å²) in [5.41, 5.74) is 0.568. The van der Waals surface area contributed by atoms with Crippen molar-refractivity contribution in [3.05, 3.63) is 40.1 Å². The number of furan rings is 1. The fraction of sp³-hybridized carbons (Fsp3) is 0.100. The summed E-state index contributed by atoms with van der Waals surface area (Å²) in [5.74, 6) is 0.514. The van der Waals surface area contributed by atoms with Gasteiger partial charge in [0.05, 0.1) is 11.3 Å². The molecule has 2 aromatic rings. The van der Waals surface area contributed by atoms with Crippen molar-refractivity contribution in [2.45, 2.75) is 6.42 Å². The monoisotopic (exact) mass is 205 g/mol. The first kappa shape index (κ1) is 9.39. The average Bonchev–Trinajstić information content (AvgIpc) is 2.59. The highest BCUT2D eigenvalue weighted by Crippen LogP contribution is 2.24. The van der Waals surface area contributed by atoms with Crippen molar-refractivity contribution in [2.24, 2.45) is 0 Å². The number of nitrogens with zero attached hydrogens (tertiary/aromatic N) is 1. The molecule has 0 radical (unpaired) electrons. The standard InChI is InChI=1S/C10H7NO4/c12-4-3-9-6-7-5-8(11(13)14)1-2-10(7)15-9/h1-2,4-6H,3H2. The Bertz CT molecular complexity index is 529. The molecule has 0 aliphatic carbocycles. The van der Waals surface area contributed by atoms with E-state index in [4.69, 9.17) is 4.42 Å². The van der Waals surface area contributed by atoms with Gasteiger partial charge < -0.3 is 9.21 Å². The minimum absolute atomic E-state index is 0.0148. The number of fused-ring (bicyclic) bond motifs is 1. The van der Waals surface area contributed by atoms with Crippen LogP contribution >= 0.6 is 0 Å². The molecule has 5 heteroatoms. The maximum Gasteiger partial charge on any atom is 0.270 e. The highest BCUT2D eigenvalue weighted by Gasteiger charge is 2.09. The second-order valence-electron chi connectivity index (χ2n) is 3.06. The summed E-state index contributed by atoms with van der Waals surface area (Å²) in [4.78, 5) is 20.3. The Morgan fingerprint density at radius 1 is 1.40 bits per heavy atom. The van der Waals surface area contributed by atoms with Crippen molar-refractivity contribution in [2.75, 3.05) is 0 Å². The van der Waals surface area contributed by atoms with Crippen LogP contribution in [0.25, 0.3) is 11.0 Å². The quantitative estimate of drug-likeness (QED) is 0.436. The number of benzene rings is 1. The number of non-ortho nitro benzene ring substituents is 1. The molecule has 15 heavy (non-hydrogen) atoms. The maximum absolute atomic E-state index is 10.5. The van der Waals surface area contributed by atoms with Gasteiger partial charge in [0, 0.05) is 17.5 Å². The van der Waals surface area contributed by atoms with Crippen LogP contribution in [0.15, 0.2) is 28.7 Å². The van der Waals surface area contributed by atoms with Crippen molar-refractivity contribution < 1.29 is 14.1 Å². The molecule has 0 spiro atoms. The van der Waals surface area contributed by atoms with Gasteiger partial charge in [0.15, 0.2) is 0 Å². The molecule has 0 atom stereocenters. The summed E-state index contributed by atoms with van der Waals surface area (Å²) in [7, 11) is 0. The Labute approximate surface area is 84.5 Å². The molecule has 1 aromatic heterocycles. The highest BCUT2D eigenvalue weighted by atomic mass is 16.6. The van der Waals surface area contributed by atoms with E-state index in [1.807, 2.05) is 0 Å². The molecular weight excluding hydrogens is 198 g/mol. The molecule has 5 nitrogen and oxygen atoms in total. The maximum atomic E-state index is 10.5. The zero-order valence-corrected chi connectivity index (χ0v) is 7.67. The first-order chi connectivity index (χ1) is 7.20. The van der Waals surface area contributed by atoms with E-state index in [0.717, 1.165) is 6.29 Å². The SMILES string of the molecule is O=CCc1cc2cc([N+](=O)[O-])ccc2o1. The Morgan fingerprint density at radius 2 is 2.20 bits per heavy atom. The lowest BCUT2D eigenvalue weighted by atomic mass is 10.2. The van der Waals surface area contributed by atoms with Gasteiger partial charge in [-0.25, -0.2) is 0 Å². The number of aldehydes is 1. The second-order valence-corrected chi connectivity index (χ2v) is 3.06. The number of hydrogen-bond acceptors (Lipinski definition) is 4. The fourth-order valence-corrected chi connectivity index (χ4v) is 1.38. The van der Waals surface area contributed by atoms with Crippen LogP contribution in [-0.4, -0.2) is 11.2 Å². The molecule has 1 heterocycles. The number of rotatable bonds is 3. The van der Waals surface area contributed by atoms with Gasteiger partial charge in [-0.1, -0.05) is 0 Å². The molecule has 0 saturated carbocycles. The van der Waals surface area contributed by atoms with Crippen LogP contribution in [0.5, 0.6) is 0 Å². The summed E-state index contributed by atoms with van der Waals surface area (Å²) < 4.78 is 5.29. The van der Waals surface area contributed by atoms with Crippen LogP contribution < -0.4 is 0 Å². The predicted molar refractivity (Wildman–Crippen MR) is 52.6 cm³/mol. The molecule has 0 saturated heterocycles. The van der Waals surface area contributed by atoms with Crippen molar-refractivity contribution in [3.63, 3.8) is 0 Å². The lowest BCUT2D eigenvalue weighted by Crippen LogP contribution is -1.85. The minimum atomic E-state index is -0.466. The van der Waals surface area contributed by atoms with Gasteiger partial charge in [0.1, 0.15) is 17.6 Å². The van der Waals surface area contributed by atoms with Crippen LogP contribution in [0.1, 0.15) is 5.76 Å². The first-order valence-corrected chi connectivity index (χ1v) is 4.31. The summed E-state index contributed by atoms with van der Waals surface area (Å²) in [5, 5.41) is 11.1. The smallest absolute Gasteiger partial charge is 0.270 e. The van der Waals surface area contributed by atoms with Gasteiger partial charge in [-0.05, 0) is 12.1 Å². The summed E-state index contributed by atoms with van der Waals surface area (Å²) in [6.07, 6.45) is 0.911. The van der Waals surface area contributed by atoms with Crippen molar-refractivity contribution >= 4 is 22.9 Å². The van der Waals surface area contributed by atoms with E-state index in [1.165, 1.54) is 18.2 Å². The largest absolute Gasteiger partial charge is 0.461 e. The lowest BCUT2D eigenvalue weighted by Gasteiger charge is -1.89. The van der Waals surface area contributed by atoms with Crippen LogP contribution in [0.4, 0.5) is 5.69 Å². The van der Waals surface area contributed by atoms with Crippen LogP contribution in [-0.2, 0) is 11.2 Å². The number of nitro groups is 1. The molecule has 0 amide bonds. The third-order valence-corrected chi connectivity index (χ3v) is 2.05. The number of nitro benzene ring substituents is 1. The topological polar surface area (TPSA) is 73.3 Å². The van der Waals surface area contributed by atoms with Crippen molar-refractivity contribution in [1.29, 1.82) is 0 Å². The van der Waals surface area contributed by atoms with Gasteiger partial charge in [0.25, 0.3) is 5.69 Å². The van der Waals surface area contributed by atoms with Gasteiger partial charge in [-0.3, -0.25) is 10.1 Å². The highest BCUT2D eigenvalue weighted by molar-refractivity contribution is 5.81. The molecule has 0 unspecified atom stereocenters. The zero-order valence-electron chi connectivity index (χ0n) is 7.67. The molecule has 1 aromatic carbocycles. The first-order valence-electron chi connectivity index (χ1n) is 4.31. The number of hydrogen-bond donors (Lipinski definition) is 0. The third-order valence-electron chi connectivity index (χ3n) is 2.05. The second kappa shape index (κ2) is 3.53. The van der Waals surface area contributed by atoms with E-state index in [0.29, 0.717) is 16.7 Å². The molecule has 76 valence electrons. The van der Waals surface area contributed by atoms with Gasteiger partial charge in [0.2, 0.25) is 0 Å². The van der Waals surface area contributed by atoms with E-state index in [-0.39, 0.29) is 12.1 Å². The molecule has 0 aliphatic rings. The summed E-state index contributed by atoms with van der Waals surface area (Å²) >= 11 is 0. The van der Waals surface area contributed by atoms with E-state index in [1.54, 1.807) is 6.07 Å². The molecule has 2 rings (SSSR count). The van der Waals surface area contributed by atoms with E-state index < -0.39 is 4.92 Å². The third kappa shape index (κ3) is 1.71. The van der Waals surface area contributed by atoms with Crippen LogP contribution in [0.2, 0.25) is 0 Å². The Morgan fingerprint density at radius 3 is 2.87 bits per heavy atom. The summed E-state index contributed by atoms with van der Waals surface area (Å²) in [6.45, 7) is 0. The van der Waals surface area contributed by atoms with E-state index in [2.05, 4.69) is 0 Å². The van der Waals surface area contributed by atoms with Gasteiger partial charge in [-0.15, -0.1) is 0 Å². The van der Waals surface area contributed by atoms with Crippen molar-refractivity contribution in [3.8, 4) is 0 Å². The zero-order chi connectivity index (χ0) is 10.8. The number of carbonyl (C=O) groups excluding carboxylic acids is 1. The molecule has 0 fully saturated rings. The molecule has 0 N–H and O–H groups in total. The van der Waals surface area contributed by atoms with Crippen molar-refractivity contribution in [1.82, 2.24) is 0 Å². The van der Waals surface area contributed by atoms with Gasteiger partial charge in [-0.2, -0.15) is 0 Å². The van der Waals surface area contributed by atoms with E-state index >= 15 is 0 Å². The van der Waals surface area contributed by atoms with Crippen LogP contribution in [0, 0.1) is 10.1 Å². The normalized spacial score (nSPS) is 10.4. The fourth-order valence-electron chi connectivity index (χ4n) is 1.38. The lowest BCUT2D eigenvalue weighted by molar-refractivity contribution is -0.384. The summed E-state index contributed by atoms with van der Waals surface area (Å²) in [6, 6.07) is 5.96. The molecule has 0 aliphatic heterocycles. The Balaban J connectivity index is 2.51. The minimum Gasteiger partial charge on any atom is -0.461 e. The Kier molecular flexibility index (Phi) is 2.21. The Hall–Kier alpha value is -2.17. The average molecular weight is 205 g/mol. The number of carbonyl (C=O) groups is 1. The van der Waals surface area contributed by atoms with Crippen LogP contribution in [0.3, 0.4) is 0 Å². The van der Waals surface area contributed by atoms with Gasteiger partial charge >= 0.3 is 0 Å².